The van der Waals surface area contributed by atoms with Crippen LogP contribution in [0.3, 0.4) is 0 Å². The maximum absolute atomic E-state index is 11.0. The van der Waals surface area contributed by atoms with Crippen LogP contribution in [0.25, 0.3) is 5.69 Å². The van der Waals surface area contributed by atoms with Gasteiger partial charge in [-0.25, -0.2) is 4.68 Å². The first kappa shape index (κ1) is 12.0. The van der Waals surface area contributed by atoms with Crippen LogP contribution in [0.15, 0.2) is 24.3 Å². The molecule has 0 aliphatic heterocycles. The lowest BCUT2D eigenvalue weighted by atomic mass is 10.1. The number of rotatable bonds is 3. The van der Waals surface area contributed by atoms with Crippen LogP contribution in [0.4, 0.5) is 11.5 Å². The van der Waals surface area contributed by atoms with E-state index in [1.54, 1.807) is 18.2 Å². The first-order chi connectivity index (χ1) is 8.52. The lowest BCUT2D eigenvalue weighted by Crippen LogP contribution is -2.07. The Kier molecular flexibility index (Phi) is 2.97. The molecule has 1 aromatic heterocycles. The van der Waals surface area contributed by atoms with E-state index in [0.717, 1.165) is 0 Å². The minimum Gasteiger partial charge on any atom is -0.381 e. The molecular formula is C11H13N5O2. The Labute approximate surface area is 103 Å². The standard InChI is InChI=1S/C11H13N5O2/c1-7(2)10-11(12)13-14-15(10)8-5-3-4-6-9(8)16(17)18/h3-7H,12H2,1-2H3. The molecule has 7 heteroatoms. The van der Waals surface area contributed by atoms with Crippen LogP contribution in [-0.2, 0) is 0 Å². The summed E-state index contributed by atoms with van der Waals surface area (Å²) in [5, 5.41) is 18.7. The Morgan fingerprint density at radius 1 is 1.39 bits per heavy atom. The van der Waals surface area contributed by atoms with Gasteiger partial charge in [-0.3, -0.25) is 10.1 Å². The normalized spacial score (nSPS) is 10.8. The van der Waals surface area contributed by atoms with E-state index in [2.05, 4.69) is 10.3 Å². The van der Waals surface area contributed by atoms with Gasteiger partial charge in [-0.15, -0.1) is 5.10 Å². The van der Waals surface area contributed by atoms with Crippen LogP contribution in [0.2, 0.25) is 0 Å². The molecule has 0 spiro atoms. The van der Waals surface area contributed by atoms with Gasteiger partial charge in [0.2, 0.25) is 0 Å². The highest BCUT2D eigenvalue weighted by Crippen LogP contribution is 2.27. The fourth-order valence-electron chi connectivity index (χ4n) is 1.82. The molecule has 0 fully saturated rings. The molecule has 2 N–H and O–H groups in total. The van der Waals surface area contributed by atoms with E-state index < -0.39 is 4.92 Å². The molecule has 2 rings (SSSR count). The zero-order valence-electron chi connectivity index (χ0n) is 10.1. The number of hydrogen-bond acceptors (Lipinski definition) is 5. The summed E-state index contributed by atoms with van der Waals surface area (Å²) >= 11 is 0. The number of para-hydroxylation sites is 2. The minimum absolute atomic E-state index is 0.0238. The lowest BCUT2D eigenvalue weighted by Gasteiger charge is -2.09. The monoisotopic (exact) mass is 247 g/mol. The van der Waals surface area contributed by atoms with Crippen LogP contribution in [0, 0.1) is 10.1 Å². The number of nitrogens with zero attached hydrogens (tertiary/aromatic N) is 4. The molecule has 0 saturated carbocycles. The van der Waals surface area contributed by atoms with Gasteiger partial charge < -0.3 is 5.73 Å². The second-order valence-electron chi connectivity index (χ2n) is 4.17. The molecule has 0 atom stereocenters. The van der Waals surface area contributed by atoms with Gasteiger partial charge in [0.1, 0.15) is 5.69 Å². The highest BCUT2D eigenvalue weighted by Gasteiger charge is 2.21. The molecule has 0 aliphatic rings. The van der Waals surface area contributed by atoms with Crippen LogP contribution in [0.1, 0.15) is 25.5 Å². The van der Waals surface area contributed by atoms with E-state index in [9.17, 15) is 10.1 Å². The van der Waals surface area contributed by atoms with Crippen molar-refractivity contribution in [2.24, 2.45) is 0 Å². The fraction of sp³-hybridized carbons (Fsp3) is 0.273. The Morgan fingerprint density at radius 3 is 2.67 bits per heavy atom. The summed E-state index contributed by atoms with van der Waals surface area (Å²) < 4.78 is 1.43. The van der Waals surface area contributed by atoms with Gasteiger partial charge >= 0.3 is 0 Å². The van der Waals surface area contributed by atoms with Crippen LogP contribution in [-0.4, -0.2) is 19.9 Å². The van der Waals surface area contributed by atoms with Gasteiger partial charge in [-0.1, -0.05) is 31.2 Å². The molecule has 2 aromatic rings. The highest BCUT2D eigenvalue weighted by atomic mass is 16.6. The number of anilines is 1. The van der Waals surface area contributed by atoms with Gasteiger partial charge in [-0.2, -0.15) is 0 Å². The predicted molar refractivity (Wildman–Crippen MR) is 66.5 cm³/mol. The lowest BCUT2D eigenvalue weighted by molar-refractivity contribution is -0.384. The molecule has 0 radical (unpaired) electrons. The first-order valence-corrected chi connectivity index (χ1v) is 5.47. The van der Waals surface area contributed by atoms with Gasteiger partial charge in [0, 0.05) is 6.07 Å². The van der Waals surface area contributed by atoms with E-state index in [1.165, 1.54) is 10.7 Å². The predicted octanol–water partition coefficient (Wildman–Crippen LogP) is 1.88. The summed E-state index contributed by atoms with van der Waals surface area (Å²) in [6.45, 7) is 3.86. The number of benzene rings is 1. The molecule has 0 bridgehead atoms. The number of nitro groups is 1. The Balaban J connectivity index is 2.66. The molecule has 0 amide bonds. The zero-order valence-corrected chi connectivity index (χ0v) is 10.1. The summed E-state index contributed by atoms with van der Waals surface area (Å²) in [5.41, 5.74) is 6.76. The highest BCUT2D eigenvalue weighted by molar-refractivity contribution is 5.54. The average molecular weight is 247 g/mol. The maximum Gasteiger partial charge on any atom is 0.294 e. The molecule has 0 unspecified atom stereocenters. The van der Waals surface area contributed by atoms with Crippen molar-refractivity contribution in [1.82, 2.24) is 15.0 Å². The number of aromatic nitrogens is 3. The molecule has 0 saturated heterocycles. The van der Waals surface area contributed by atoms with E-state index >= 15 is 0 Å². The van der Waals surface area contributed by atoms with Crippen molar-refractivity contribution in [2.75, 3.05) is 5.73 Å². The third-order valence-electron chi connectivity index (χ3n) is 2.59. The van der Waals surface area contributed by atoms with Gasteiger partial charge in [0.05, 0.1) is 10.6 Å². The van der Waals surface area contributed by atoms with E-state index in [1.807, 2.05) is 13.8 Å². The zero-order chi connectivity index (χ0) is 13.3. The van der Waals surface area contributed by atoms with E-state index in [0.29, 0.717) is 17.2 Å². The fourth-order valence-corrected chi connectivity index (χ4v) is 1.82. The molecule has 1 aromatic carbocycles. The summed E-state index contributed by atoms with van der Waals surface area (Å²) in [6.07, 6.45) is 0. The van der Waals surface area contributed by atoms with Gasteiger partial charge in [0.15, 0.2) is 5.82 Å². The van der Waals surface area contributed by atoms with Crippen LogP contribution < -0.4 is 5.73 Å². The molecule has 0 aliphatic carbocycles. The summed E-state index contributed by atoms with van der Waals surface area (Å²) in [7, 11) is 0. The number of nitrogen functional groups attached to an aromatic ring is 1. The van der Waals surface area contributed by atoms with Crippen molar-refractivity contribution in [3.05, 3.63) is 40.1 Å². The smallest absolute Gasteiger partial charge is 0.294 e. The van der Waals surface area contributed by atoms with Gasteiger partial charge in [0.25, 0.3) is 5.69 Å². The number of hydrogen-bond donors (Lipinski definition) is 1. The molecular weight excluding hydrogens is 234 g/mol. The second kappa shape index (κ2) is 4.44. The quantitative estimate of drug-likeness (QED) is 0.659. The number of nitrogens with two attached hydrogens (primary N) is 1. The molecule has 7 nitrogen and oxygen atoms in total. The first-order valence-electron chi connectivity index (χ1n) is 5.47. The van der Waals surface area contributed by atoms with Crippen molar-refractivity contribution in [3.63, 3.8) is 0 Å². The van der Waals surface area contributed by atoms with Crippen molar-refractivity contribution < 1.29 is 4.92 Å². The van der Waals surface area contributed by atoms with Gasteiger partial charge in [-0.05, 0) is 12.0 Å². The third-order valence-corrected chi connectivity index (χ3v) is 2.59. The van der Waals surface area contributed by atoms with E-state index in [4.69, 9.17) is 5.73 Å². The maximum atomic E-state index is 11.0. The minimum atomic E-state index is -0.447. The third kappa shape index (κ3) is 1.90. The Morgan fingerprint density at radius 2 is 2.06 bits per heavy atom. The summed E-state index contributed by atoms with van der Waals surface area (Å²) in [5.74, 6) is 0.364. The topological polar surface area (TPSA) is 99.9 Å². The van der Waals surface area contributed by atoms with Crippen molar-refractivity contribution in [2.45, 2.75) is 19.8 Å². The van der Waals surface area contributed by atoms with Crippen LogP contribution in [0.5, 0.6) is 0 Å². The Hall–Kier alpha value is -2.44. The molecule has 1 heterocycles. The molecule has 94 valence electrons. The second-order valence-corrected chi connectivity index (χ2v) is 4.17. The SMILES string of the molecule is CC(C)c1c(N)nnn1-c1ccccc1[N+](=O)[O-]. The summed E-state index contributed by atoms with van der Waals surface area (Å²) in [4.78, 5) is 10.5. The summed E-state index contributed by atoms with van der Waals surface area (Å²) in [6, 6.07) is 6.37. The molecule has 18 heavy (non-hydrogen) atoms. The average Bonchev–Trinajstić information content (AvgIpc) is 2.71. The van der Waals surface area contributed by atoms with Crippen LogP contribution >= 0.6 is 0 Å². The number of nitro benzene ring substituents is 1. The Bertz CT molecular complexity index is 591. The van der Waals surface area contributed by atoms with Crippen molar-refractivity contribution >= 4 is 11.5 Å². The van der Waals surface area contributed by atoms with Crippen molar-refractivity contribution in [1.29, 1.82) is 0 Å². The van der Waals surface area contributed by atoms with Crippen molar-refractivity contribution in [3.8, 4) is 5.69 Å². The largest absolute Gasteiger partial charge is 0.381 e. The van der Waals surface area contributed by atoms with E-state index in [-0.39, 0.29) is 11.6 Å².